The van der Waals surface area contributed by atoms with Crippen molar-refractivity contribution in [2.45, 2.75) is 6.61 Å². The molecule has 0 unspecified atom stereocenters. The minimum absolute atomic E-state index is 0.108. The fourth-order valence-electron chi connectivity index (χ4n) is 1.99. The summed E-state index contributed by atoms with van der Waals surface area (Å²) in [5, 5.41) is 16.0. The Kier molecular flexibility index (Phi) is 7.63. The van der Waals surface area contributed by atoms with Crippen LogP contribution in [0.1, 0.15) is 11.1 Å². The van der Waals surface area contributed by atoms with E-state index in [-0.39, 0.29) is 24.7 Å². The van der Waals surface area contributed by atoms with Crippen LogP contribution in [0, 0.1) is 0 Å². The summed E-state index contributed by atoms with van der Waals surface area (Å²) in [6.45, 7) is -0.199. The van der Waals surface area contributed by atoms with E-state index in [0.29, 0.717) is 10.0 Å². The third-order valence-corrected chi connectivity index (χ3v) is 3.75. The first-order valence-corrected chi connectivity index (χ1v) is 8.62. The Morgan fingerprint density at radius 3 is 2.70 bits per heavy atom. The molecule has 0 heterocycles. The van der Waals surface area contributed by atoms with Gasteiger partial charge in [-0.05, 0) is 17.7 Å². The van der Waals surface area contributed by atoms with Gasteiger partial charge in [0.1, 0.15) is 13.2 Å². The number of carbonyl (C=O) groups excluding carboxylic acids is 2. The van der Waals surface area contributed by atoms with Crippen LogP contribution in [0.2, 0.25) is 0 Å². The number of hydrogen-bond acceptors (Lipinski definition) is 6. The number of hydrogen-bond donors (Lipinski definition) is 3. The van der Waals surface area contributed by atoms with Gasteiger partial charge in [0.25, 0.3) is 5.91 Å². The number of ether oxygens (including phenoxy) is 2. The minimum Gasteiger partial charge on any atom is -0.504 e. The highest BCUT2D eigenvalue weighted by Gasteiger charge is 2.09. The molecule has 0 spiro atoms. The minimum atomic E-state index is -0.715. The Labute approximate surface area is 164 Å². The average Bonchev–Trinajstić information content (AvgIpc) is 2.67. The van der Waals surface area contributed by atoms with Crippen molar-refractivity contribution in [2.24, 2.45) is 5.10 Å². The summed E-state index contributed by atoms with van der Waals surface area (Å²) in [7, 11) is 1.42. The van der Waals surface area contributed by atoms with Gasteiger partial charge in [-0.25, -0.2) is 10.2 Å². The summed E-state index contributed by atoms with van der Waals surface area (Å²) < 4.78 is 10.7. The van der Waals surface area contributed by atoms with Crippen molar-refractivity contribution in [1.29, 1.82) is 0 Å². The van der Waals surface area contributed by atoms with Crippen LogP contribution in [0.25, 0.3) is 0 Å². The number of rotatable bonds is 7. The van der Waals surface area contributed by atoms with Gasteiger partial charge in [0.15, 0.2) is 11.5 Å². The monoisotopic (exact) mass is 435 g/mol. The molecule has 0 saturated heterocycles. The number of nitrogens with zero attached hydrogens (tertiary/aromatic N) is 1. The van der Waals surface area contributed by atoms with Gasteiger partial charge in [0.05, 0.1) is 13.3 Å². The summed E-state index contributed by atoms with van der Waals surface area (Å²) in [5.74, 6) is -0.398. The summed E-state index contributed by atoms with van der Waals surface area (Å²) in [6.07, 6.45) is 0.543. The molecular weight excluding hydrogens is 418 g/mol. The van der Waals surface area contributed by atoms with Gasteiger partial charge in [-0.3, -0.25) is 4.79 Å². The lowest BCUT2D eigenvalue weighted by Gasteiger charge is -2.07. The van der Waals surface area contributed by atoms with Gasteiger partial charge >= 0.3 is 6.09 Å². The highest BCUT2D eigenvalue weighted by atomic mass is 79.9. The first-order chi connectivity index (χ1) is 13.0. The number of nitrogens with one attached hydrogen (secondary N) is 2. The van der Waals surface area contributed by atoms with Crippen LogP contribution in [0.15, 0.2) is 52.0 Å². The number of alkyl carbamates (subject to hydrolysis) is 1. The molecule has 0 aromatic heterocycles. The van der Waals surface area contributed by atoms with Crippen molar-refractivity contribution >= 4 is 34.1 Å². The molecule has 8 nitrogen and oxygen atoms in total. The normalized spacial score (nSPS) is 10.4. The number of hydrazone groups is 1. The predicted octanol–water partition coefficient (Wildman–Crippen LogP) is 2.54. The fourth-order valence-corrected chi connectivity index (χ4v) is 2.44. The number of methoxy groups -OCH3 is 1. The van der Waals surface area contributed by atoms with Crippen molar-refractivity contribution in [2.75, 3.05) is 13.7 Å². The van der Waals surface area contributed by atoms with Crippen LogP contribution < -0.4 is 15.5 Å². The first-order valence-electron chi connectivity index (χ1n) is 7.82. The summed E-state index contributed by atoms with van der Waals surface area (Å²) in [4.78, 5) is 23.3. The highest BCUT2D eigenvalue weighted by molar-refractivity contribution is 9.10. The fraction of sp³-hybridized carbons (Fsp3) is 0.167. The van der Waals surface area contributed by atoms with Crippen molar-refractivity contribution in [1.82, 2.24) is 10.7 Å². The summed E-state index contributed by atoms with van der Waals surface area (Å²) in [6, 6.07) is 12.4. The van der Waals surface area contributed by atoms with E-state index >= 15 is 0 Å². The molecule has 0 fully saturated rings. The molecule has 2 rings (SSSR count). The predicted molar refractivity (Wildman–Crippen MR) is 103 cm³/mol. The molecule has 0 saturated carbocycles. The lowest BCUT2D eigenvalue weighted by atomic mass is 10.2. The maximum Gasteiger partial charge on any atom is 0.407 e. The molecule has 2 amide bonds. The van der Waals surface area contributed by atoms with Crippen LogP contribution >= 0.6 is 15.9 Å². The molecule has 0 aliphatic heterocycles. The van der Waals surface area contributed by atoms with Gasteiger partial charge in [-0.1, -0.05) is 46.3 Å². The zero-order valence-corrected chi connectivity index (χ0v) is 16.0. The molecular formula is C18H18BrN3O5. The Balaban J connectivity index is 1.77. The number of amides is 2. The lowest BCUT2D eigenvalue weighted by molar-refractivity contribution is -0.120. The number of aromatic hydroxyl groups is 1. The molecule has 0 aliphatic rings. The van der Waals surface area contributed by atoms with Gasteiger partial charge < -0.3 is 19.9 Å². The van der Waals surface area contributed by atoms with Gasteiger partial charge in [-0.15, -0.1) is 0 Å². The largest absolute Gasteiger partial charge is 0.504 e. The third-order valence-electron chi connectivity index (χ3n) is 3.29. The average molecular weight is 436 g/mol. The van der Waals surface area contributed by atoms with Crippen molar-refractivity contribution < 1.29 is 24.2 Å². The van der Waals surface area contributed by atoms with Crippen LogP contribution in [0.3, 0.4) is 0 Å². The molecule has 2 aromatic rings. The molecule has 27 heavy (non-hydrogen) atoms. The van der Waals surface area contributed by atoms with E-state index in [2.05, 4.69) is 31.8 Å². The van der Waals surface area contributed by atoms with E-state index in [9.17, 15) is 14.7 Å². The lowest BCUT2D eigenvalue weighted by Crippen LogP contribution is -2.35. The van der Waals surface area contributed by atoms with Crippen LogP contribution in [0.5, 0.6) is 11.5 Å². The van der Waals surface area contributed by atoms with E-state index in [1.54, 1.807) is 12.1 Å². The number of phenols is 1. The molecule has 3 N–H and O–H groups in total. The van der Waals surface area contributed by atoms with Gasteiger partial charge in [-0.2, -0.15) is 5.10 Å². The highest BCUT2D eigenvalue weighted by Crippen LogP contribution is 2.32. The molecule has 0 atom stereocenters. The second-order valence-corrected chi connectivity index (χ2v) is 6.17. The molecule has 2 aromatic carbocycles. The summed E-state index contributed by atoms with van der Waals surface area (Å²) >= 11 is 3.28. The number of halogens is 1. The quantitative estimate of drug-likeness (QED) is 0.457. The second kappa shape index (κ2) is 10.2. The Bertz CT molecular complexity index is 827. The molecule has 0 radical (unpaired) electrons. The second-order valence-electron chi connectivity index (χ2n) is 5.25. The number of carbonyl (C=O) groups is 2. The van der Waals surface area contributed by atoms with Gasteiger partial charge in [0, 0.05) is 10.0 Å². The van der Waals surface area contributed by atoms with Gasteiger partial charge in [0.2, 0.25) is 0 Å². The van der Waals surface area contributed by atoms with E-state index in [1.807, 2.05) is 30.3 Å². The first kappa shape index (κ1) is 20.2. The summed E-state index contributed by atoms with van der Waals surface area (Å²) in [5.41, 5.74) is 3.42. The maximum atomic E-state index is 11.7. The smallest absolute Gasteiger partial charge is 0.407 e. The van der Waals surface area contributed by atoms with Crippen molar-refractivity contribution in [3.8, 4) is 11.5 Å². The zero-order chi connectivity index (χ0) is 19.6. The number of phenolic OH excluding ortho intramolecular Hbond substituents is 1. The Hall–Kier alpha value is -3.07. The van der Waals surface area contributed by atoms with E-state index in [4.69, 9.17) is 9.47 Å². The van der Waals surface area contributed by atoms with Crippen LogP contribution in [-0.4, -0.2) is 37.0 Å². The maximum absolute atomic E-state index is 11.7. The van der Waals surface area contributed by atoms with Crippen LogP contribution in [-0.2, 0) is 16.1 Å². The molecule has 9 heteroatoms. The van der Waals surface area contributed by atoms with Crippen molar-refractivity contribution in [3.63, 3.8) is 0 Å². The Morgan fingerprint density at radius 2 is 2.00 bits per heavy atom. The van der Waals surface area contributed by atoms with E-state index < -0.39 is 12.0 Å². The van der Waals surface area contributed by atoms with Crippen molar-refractivity contribution in [3.05, 3.63) is 58.1 Å². The molecule has 0 aliphatic carbocycles. The third kappa shape index (κ3) is 6.63. The topological polar surface area (TPSA) is 109 Å². The standard InChI is InChI=1S/C18H18BrN3O5/c1-26-15-8-14(19)7-13(17(15)24)9-21-22-16(23)10-20-18(25)27-11-12-5-3-2-4-6-12/h2-9,24H,10-11H2,1H3,(H,20,25)(H,22,23)/b21-9+. The van der Waals surface area contributed by atoms with E-state index in [1.165, 1.54) is 13.3 Å². The number of benzene rings is 2. The molecule has 142 valence electrons. The zero-order valence-electron chi connectivity index (χ0n) is 14.4. The van der Waals surface area contributed by atoms with Crippen LogP contribution in [0.4, 0.5) is 4.79 Å². The molecule has 0 bridgehead atoms. The Morgan fingerprint density at radius 1 is 1.26 bits per heavy atom. The van der Waals surface area contributed by atoms with E-state index in [0.717, 1.165) is 5.56 Å². The SMILES string of the molecule is COc1cc(Br)cc(/C=N/NC(=O)CNC(=O)OCc2ccccc2)c1O.